The van der Waals surface area contributed by atoms with Gasteiger partial charge in [-0.1, -0.05) is 5.11 Å². The Morgan fingerprint density at radius 1 is 1.32 bits per heavy atom. The second-order valence-corrected chi connectivity index (χ2v) is 5.71. The monoisotopic (exact) mass is 321 g/mol. The Morgan fingerprint density at radius 2 is 2.05 bits per heavy atom. The first-order valence-electron chi connectivity index (χ1n) is 7.22. The number of hydrogen-bond donors (Lipinski definition) is 2. The second kappa shape index (κ2) is 7.91. The number of benzene rings is 1. The Hall–Kier alpha value is -1.92. The van der Waals surface area contributed by atoms with Crippen molar-refractivity contribution in [1.29, 1.82) is 0 Å². The number of hydrogen-bond acceptors (Lipinski definition) is 4. The van der Waals surface area contributed by atoms with Crippen LogP contribution in [0.3, 0.4) is 0 Å². The van der Waals surface area contributed by atoms with E-state index in [-0.39, 0.29) is 5.50 Å². The quantitative estimate of drug-likeness (QED) is 0.270. The molecule has 1 aromatic carbocycles. The van der Waals surface area contributed by atoms with Gasteiger partial charge in [0, 0.05) is 17.3 Å². The Bertz CT molecular complexity index is 598. The SMILES string of the molecule is Cn1cc[n+](C)c1/N=N/c1ccc(NCCCC(N)Cl)cc1. The van der Waals surface area contributed by atoms with Crippen LogP contribution in [0.1, 0.15) is 12.8 Å². The molecule has 6 nitrogen and oxygen atoms in total. The maximum absolute atomic E-state index is 5.70. The molecule has 2 aromatic rings. The number of rotatable bonds is 7. The molecule has 1 unspecified atom stereocenters. The fourth-order valence-corrected chi connectivity index (χ4v) is 2.16. The van der Waals surface area contributed by atoms with Crippen LogP contribution in [0.4, 0.5) is 17.3 Å². The molecule has 1 aromatic heterocycles. The highest BCUT2D eigenvalue weighted by Gasteiger charge is 2.10. The van der Waals surface area contributed by atoms with Crippen LogP contribution < -0.4 is 15.6 Å². The predicted molar refractivity (Wildman–Crippen MR) is 88.8 cm³/mol. The van der Waals surface area contributed by atoms with Crippen molar-refractivity contribution in [3.05, 3.63) is 36.7 Å². The lowest BCUT2D eigenvalue weighted by Gasteiger charge is -2.06. The van der Waals surface area contributed by atoms with Gasteiger partial charge in [-0.15, -0.1) is 11.6 Å². The van der Waals surface area contributed by atoms with Gasteiger partial charge in [0.25, 0.3) is 0 Å². The maximum atomic E-state index is 5.70. The van der Waals surface area contributed by atoms with Crippen molar-refractivity contribution in [3.63, 3.8) is 0 Å². The van der Waals surface area contributed by atoms with Crippen molar-refractivity contribution in [1.82, 2.24) is 4.57 Å². The summed E-state index contributed by atoms with van der Waals surface area (Å²) in [6.07, 6.45) is 5.62. The number of imidazole rings is 1. The van der Waals surface area contributed by atoms with E-state index in [0.717, 1.165) is 36.7 Å². The highest BCUT2D eigenvalue weighted by Crippen LogP contribution is 2.18. The Balaban J connectivity index is 1.89. The highest BCUT2D eigenvalue weighted by molar-refractivity contribution is 6.20. The largest absolute Gasteiger partial charge is 0.421 e. The van der Waals surface area contributed by atoms with E-state index in [0.29, 0.717) is 0 Å². The van der Waals surface area contributed by atoms with Gasteiger partial charge in [0.05, 0.1) is 32.0 Å². The van der Waals surface area contributed by atoms with Crippen molar-refractivity contribution in [2.24, 2.45) is 30.1 Å². The number of nitrogens with one attached hydrogen (secondary N) is 1. The standard InChI is InChI=1S/C15H21ClN6/c1-21-10-11-22(2)15(21)20-19-13-7-5-12(6-8-13)18-9-3-4-14(16)17/h5-8,10-11,14H,3-4,9,17H2,1-2H3/p+1. The van der Waals surface area contributed by atoms with Crippen molar-refractivity contribution < 1.29 is 4.57 Å². The van der Waals surface area contributed by atoms with Gasteiger partial charge in [-0.3, -0.25) is 0 Å². The van der Waals surface area contributed by atoms with Gasteiger partial charge in [0.1, 0.15) is 5.69 Å². The third-order valence-electron chi connectivity index (χ3n) is 3.25. The van der Waals surface area contributed by atoms with Gasteiger partial charge >= 0.3 is 5.95 Å². The minimum absolute atomic E-state index is 0.261. The van der Waals surface area contributed by atoms with Gasteiger partial charge in [0.2, 0.25) is 0 Å². The molecule has 0 aliphatic carbocycles. The molecule has 0 radical (unpaired) electrons. The third kappa shape index (κ3) is 4.82. The lowest BCUT2D eigenvalue weighted by Crippen LogP contribution is -2.25. The normalized spacial score (nSPS) is 12.7. The molecule has 0 saturated heterocycles. The molecule has 0 fully saturated rings. The van der Waals surface area contributed by atoms with Crippen LogP contribution in [0, 0.1) is 0 Å². The van der Waals surface area contributed by atoms with Crippen molar-refractivity contribution in [3.8, 4) is 0 Å². The van der Waals surface area contributed by atoms with Crippen LogP contribution in [0.5, 0.6) is 0 Å². The Labute approximate surface area is 135 Å². The molecule has 22 heavy (non-hydrogen) atoms. The number of nitrogens with two attached hydrogens (primary N) is 1. The molecule has 0 amide bonds. The first-order chi connectivity index (χ1) is 10.6. The number of anilines is 1. The fourth-order valence-electron chi connectivity index (χ4n) is 2.00. The zero-order valence-corrected chi connectivity index (χ0v) is 13.7. The molecule has 0 spiro atoms. The first kappa shape index (κ1) is 16.5. The van der Waals surface area contributed by atoms with Crippen LogP contribution >= 0.6 is 11.6 Å². The number of aromatic nitrogens is 2. The molecule has 0 aliphatic rings. The predicted octanol–water partition coefficient (Wildman–Crippen LogP) is 2.98. The van der Waals surface area contributed by atoms with Crippen LogP contribution in [0.25, 0.3) is 0 Å². The van der Waals surface area contributed by atoms with Gasteiger partial charge in [0.15, 0.2) is 0 Å². The van der Waals surface area contributed by atoms with E-state index in [2.05, 4.69) is 15.5 Å². The van der Waals surface area contributed by atoms with Crippen molar-refractivity contribution >= 4 is 28.9 Å². The van der Waals surface area contributed by atoms with Gasteiger partial charge in [-0.25, -0.2) is 9.13 Å². The van der Waals surface area contributed by atoms with E-state index in [1.807, 2.05) is 59.9 Å². The summed E-state index contributed by atoms with van der Waals surface area (Å²) in [7, 11) is 3.88. The number of halogens is 1. The molecule has 1 atom stereocenters. The van der Waals surface area contributed by atoms with Gasteiger partial charge in [-0.05, 0) is 37.1 Å². The number of azo groups is 1. The van der Waals surface area contributed by atoms with Gasteiger partial charge in [-0.2, -0.15) is 0 Å². The zero-order chi connectivity index (χ0) is 15.9. The summed E-state index contributed by atoms with van der Waals surface area (Å²) in [6.45, 7) is 0.848. The molecule has 1 heterocycles. The van der Waals surface area contributed by atoms with Crippen molar-refractivity contribution in [2.45, 2.75) is 18.3 Å². The second-order valence-electron chi connectivity index (χ2n) is 5.15. The molecule has 3 N–H and O–H groups in total. The lowest BCUT2D eigenvalue weighted by molar-refractivity contribution is -0.657. The Morgan fingerprint density at radius 3 is 2.64 bits per heavy atom. The first-order valence-corrected chi connectivity index (χ1v) is 7.66. The summed E-state index contributed by atoms with van der Waals surface area (Å²) in [5, 5.41) is 11.8. The molecule has 2 rings (SSSR count). The molecule has 0 bridgehead atoms. The highest BCUT2D eigenvalue weighted by atomic mass is 35.5. The minimum atomic E-state index is -0.261. The molecular formula is C15H22ClN6+. The molecule has 0 aliphatic heterocycles. The van der Waals surface area contributed by atoms with E-state index in [1.54, 1.807) is 0 Å². The summed E-state index contributed by atoms with van der Waals surface area (Å²) in [4.78, 5) is 0. The van der Waals surface area contributed by atoms with Crippen LogP contribution in [0.15, 0.2) is 46.9 Å². The summed E-state index contributed by atoms with van der Waals surface area (Å²) < 4.78 is 3.84. The molecule has 118 valence electrons. The van der Waals surface area contributed by atoms with Crippen LogP contribution in [-0.2, 0) is 14.1 Å². The van der Waals surface area contributed by atoms with E-state index < -0.39 is 0 Å². The summed E-state index contributed by atoms with van der Waals surface area (Å²) in [6, 6.07) is 7.84. The number of nitrogens with zero attached hydrogens (tertiary/aromatic N) is 4. The van der Waals surface area contributed by atoms with E-state index in [9.17, 15) is 0 Å². The fraction of sp³-hybridized carbons (Fsp3) is 0.400. The van der Waals surface area contributed by atoms with E-state index >= 15 is 0 Å². The summed E-state index contributed by atoms with van der Waals surface area (Å²) in [5.41, 5.74) is 7.10. The number of aryl methyl sites for hydroxylation is 2. The topological polar surface area (TPSA) is 71.6 Å². The van der Waals surface area contributed by atoms with Crippen LogP contribution in [0.2, 0.25) is 0 Å². The van der Waals surface area contributed by atoms with Crippen LogP contribution in [-0.4, -0.2) is 16.6 Å². The summed E-state index contributed by atoms with van der Waals surface area (Å²) >= 11 is 5.70. The smallest absolute Gasteiger partial charge is 0.385 e. The molecule has 0 saturated carbocycles. The van der Waals surface area contributed by atoms with Crippen molar-refractivity contribution in [2.75, 3.05) is 11.9 Å². The van der Waals surface area contributed by atoms with E-state index in [1.165, 1.54) is 0 Å². The minimum Gasteiger partial charge on any atom is -0.385 e. The summed E-state index contributed by atoms with van der Waals surface area (Å²) in [5.74, 6) is 0.791. The Kier molecular flexibility index (Phi) is 5.91. The third-order valence-corrected chi connectivity index (χ3v) is 3.47. The average Bonchev–Trinajstić information content (AvgIpc) is 2.81. The van der Waals surface area contributed by atoms with E-state index in [4.69, 9.17) is 17.3 Å². The molecular weight excluding hydrogens is 300 g/mol. The lowest BCUT2D eigenvalue weighted by atomic mass is 10.2. The van der Waals surface area contributed by atoms with Gasteiger partial charge < -0.3 is 11.1 Å². The zero-order valence-electron chi connectivity index (χ0n) is 12.9. The number of alkyl halides is 1. The maximum Gasteiger partial charge on any atom is 0.421 e. The molecule has 7 heteroatoms. The average molecular weight is 322 g/mol.